The zero-order chi connectivity index (χ0) is 20.9. The fourth-order valence-corrected chi connectivity index (χ4v) is 4.69. The van der Waals surface area contributed by atoms with Crippen LogP contribution in [0.3, 0.4) is 0 Å². The number of hydrogen-bond donors (Lipinski definition) is 0. The summed E-state index contributed by atoms with van der Waals surface area (Å²) in [6, 6.07) is 24.1. The van der Waals surface area contributed by atoms with Crippen molar-refractivity contribution in [2.45, 2.75) is 18.8 Å². The summed E-state index contributed by atoms with van der Waals surface area (Å²) in [5, 5.41) is 0. The van der Waals surface area contributed by atoms with Gasteiger partial charge in [0.05, 0.1) is 11.7 Å². The minimum Gasteiger partial charge on any atom is -0.316 e. The Morgan fingerprint density at radius 3 is 2.13 bits per heavy atom. The summed E-state index contributed by atoms with van der Waals surface area (Å²) in [6.45, 7) is 2.29. The van der Waals surface area contributed by atoms with Crippen molar-refractivity contribution in [2.24, 2.45) is 0 Å². The van der Waals surface area contributed by atoms with Crippen LogP contribution in [0.15, 0.2) is 72.8 Å². The maximum absolute atomic E-state index is 13.0. The second-order valence-corrected chi connectivity index (χ2v) is 7.89. The van der Waals surface area contributed by atoms with Gasteiger partial charge in [0.1, 0.15) is 0 Å². The van der Waals surface area contributed by atoms with Crippen LogP contribution in [0, 0.1) is 6.92 Å². The predicted octanol–water partition coefficient (Wildman–Crippen LogP) is 4.79. The molecule has 1 fully saturated rings. The Bertz CT molecular complexity index is 1090. The topological polar surface area (TPSA) is 42.0 Å². The van der Waals surface area contributed by atoms with Gasteiger partial charge in [-0.25, -0.2) is 4.79 Å². The van der Waals surface area contributed by atoms with Gasteiger partial charge < -0.3 is 14.4 Å². The fraction of sp³-hybridized carbons (Fsp3) is 0.240. The molecule has 0 radical (unpaired) electrons. The second-order valence-electron chi connectivity index (χ2n) is 7.89. The van der Waals surface area contributed by atoms with E-state index in [1.807, 2.05) is 69.6 Å². The van der Waals surface area contributed by atoms with E-state index in [4.69, 9.17) is 9.47 Å². The lowest BCUT2D eigenvalue weighted by atomic mass is 9.86. The van der Waals surface area contributed by atoms with Crippen molar-refractivity contribution in [1.29, 1.82) is 0 Å². The predicted molar refractivity (Wildman–Crippen MR) is 115 cm³/mol. The first-order valence-electron chi connectivity index (χ1n) is 10.1. The van der Waals surface area contributed by atoms with Crippen LogP contribution in [0.25, 0.3) is 0 Å². The van der Waals surface area contributed by atoms with E-state index in [0.717, 1.165) is 33.5 Å². The first-order chi connectivity index (χ1) is 14.5. The molecule has 3 aromatic rings. The van der Waals surface area contributed by atoms with Crippen LogP contribution in [-0.2, 0) is 15.3 Å². The van der Waals surface area contributed by atoms with Gasteiger partial charge in [-0.1, -0.05) is 60.7 Å². The Morgan fingerprint density at radius 1 is 0.900 bits per heavy atom. The number of anilines is 1. The fourth-order valence-electron chi connectivity index (χ4n) is 4.69. The summed E-state index contributed by atoms with van der Waals surface area (Å²) in [4.78, 5) is 16.5. The molecule has 5 nitrogen and oxygen atoms in total. The van der Waals surface area contributed by atoms with Crippen LogP contribution in [0.1, 0.15) is 33.9 Å². The van der Waals surface area contributed by atoms with Gasteiger partial charge in [-0.2, -0.15) is 0 Å². The van der Waals surface area contributed by atoms with Crippen molar-refractivity contribution in [2.75, 3.05) is 25.8 Å². The highest BCUT2D eigenvalue weighted by Gasteiger charge is 2.46. The molecule has 152 valence electrons. The van der Waals surface area contributed by atoms with E-state index in [1.165, 1.54) is 0 Å². The molecule has 0 saturated carbocycles. The molecule has 2 aliphatic rings. The number of ether oxygens (including phenoxy) is 2. The van der Waals surface area contributed by atoms with E-state index >= 15 is 0 Å². The minimum absolute atomic E-state index is 0.0267. The van der Waals surface area contributed by atoms with Gasteiger partial charge in [-0.05, 0) is 30.2 Å². The van der Waals surface area contributed by atoms with E-state index in [2.05, 4.69) is 24.3 Å². The number of aryl methyl sites for hydroxylation is 1. The largest absolute Gasteiger partial charge is 0.324 e. The smallest absolute Gasteiger partial charge is 0.316 e. The van der Waals surface area contributed by atoms with Crippen molar-refractivity contribution in [3.05, 3.63) is 101 Å². The highest BCUT2D eigenvalue weighted by Crippen LogP contribution is 2.47. The molecule has 5 rings (SSSR count). The third kappa shape index (κ3) is 2.66. The molecular weight excluding hydrogens is 376 g/mol. The van der Waals surface area contributed by atoms with Crippen molar-refractivity contribution < 1.29 is 14.3 Å². The van der Waals surface area contributed by atoms with Crippen LogP contribution >= 0.6 is 0 Å². The van der Waals surface area contributed by atoms with Crippen LogP contribution in [0.4, 0.5) is 10.5 Å². The zero-order valence-electron chi connectivity index (χ0n) is 17.3. The number of amides is 2. The summed E-state index contributed by atoms with van der Waals surface area (Å²) in [7, 11) is 3.68. The third-order valence-corrected chi connectivity index (χ3v) is 6.11. The van der Waals surface area contributed by atoms with E-state index < -0.39 is 5.79 Å². The monoisotopic (exact) mass is 400 g/mol. The van der Waals surface area contributed by atoms with Crippen LogP contribution in [0.5, 0.6) is 0 Å². The van der Waals surface area contributed by atoms with Crippen molar-refractivity contribution in [1.82, 2.24) is 4.90 Å². The summed E-state index contributed by atoms with van der Waals surface area (Å²) >= 11 is 0. The minimum atomic E-state index is -0.916. The van der Waals surface area contributed by atoms with Gasteiger partial charge in [0.2, 0.25) is 5.79 Å². The summed E-state index contributed by atoms with van der Waals surface area (Å²) in [6.07, 6.45) is 0. The maximum atomic E-state index is 13.0. The number of fused-ring (bicyclic) bond motifs is 1. The highest BCUT2D eigenvalue weighted by molar-refractivity contribution is 5.96. The Labute approximate surface area is 176 Å². The lowest BCUT2D eigenvalue weighted by Crippen LogP contribution is -2.48. The molecule has 5 heteroatoms. The van der Waals surface area contributed by atoms with Gasteiger partial charge >= 0.3 is 6.03 Å². The summed E-state index contributed by atoms with van der Waals surface area (Å²) in [5.41, 5.74) is 5.99. The molecule has 2 aliphatic heterocycles. The molecule has 3 aromatic carbocycles. The van der Waals surface area contributed by atoms with E-state index in [1.54, 1.807) is 9.80 Å². The molecule has 1 unspecified atom stereocenters. The molecule has 0 aliphatic carbocycles. The molecule has 2 amide bonds. The number of hydrogen-bond acceptors (Lipinski definition) is 3. The lowest BCUT2D eigenvalue weighted by molar-refractivity contribution is -0.386. The molecule has 2 heterocycles. The standard InChI is InChI=1S/C25H24N2O3/c1-17-14-20(25(29-16-30-25)19-12-8-5-9-13-19)15-21-22(17)26(2)24(28)27(3)23(21)18-10-6-4-7-11-18/h4-15,23H,16H2,1-3H3. The van der Waals surface area contributed by atoms with Crippen molar-refractivity contribution in [3.8, 4) is 0 Å². The van der Waals surface area contributed by atoms with E-state index in [0.29, 0.717) is 0 Å². The summed E-state index contributed by atoms with van der Waals surface area (Å²) < 4.78 is 12.1. The van der Waals surface area contributed by atoms with Crippen LogP contribution in [-0.4, -0.2) is 31.8 Å². The van der Waals surface area contributed by atoms with Gasteiger partial charge in [0.25, 0.3) is 0 Å². The second kappa shape index (κ2) is 6.97. The SMILES string of the molecule is Cc1cc(C2(c3ccccc3)OCO2)cc2c1N(C)C(=O)N(C)C2c1ccccc1. The molecule has 30 heavy (non-hydrogen) atoms. The lowest BCUT2D eigenvalue weighted by Gasteiger charge is -2.45. The summed E-state index contributed by atoms with van der Waals surface area (Å²) in [5.74, 6) is -0.916. The maximum Gasteiger partial charge on any atom is 0.324 e. The molecule has 0 N–H and O–H groups in total. The molecule has 0 aromatic heterocycles. The average Bonchev–Trinajstić information content (AvgIpc) is 2.73. The Hall–Kier alpha value is -3.15. The molecule has 1 atom stereocenters. The Kier molecular flexibility index (Phi) is 4.38. The molecular formula is C25H24N2O3. The quantitative estimate of drug-likeness (QED) is 0.635. The van der Waals surface area contributed by atoms with Crippen LogP contribution < -0.4 is 4.90 Å². The molecule has 0 spiro atoms. The highest BCUT2D eigenvalue weighted by atomic mass is 16.9. The number of rotatable bonds is 3. The number of carbonyl (C=O) groups is 1. The Balaban J connectivity index is 1.73. The van der Waals surface area contributed by atoms with Gasteiger partial charge in [0, 0.05) is 30.8 Å². The molecule has 1 saturated heterocycles. The first-order valence-corrected chi connectivity index (χ1v) is 10.1. The Morgan fingerprint density at radius 2 is 1.53 bits per heavy atom. The first kappa shape index (κ1) is 18.9. The van der Waals surface area contributed by atoms with Gasteiger partial charge in [-0.3, -0.25) is 4.90 Å². The van der Waals surface area contributed by atoms with Crippen molar-refractivity contribution in [3.63, 3.8) is 0 Å². The van der Waals surface area contributed by atoms with E-state index in [-0.39, 0.29) is 18.9 Å². The van der Waals surface area contributed by atoms with E-state index in [9.17, 15) is 4.79 Å². The number of carbonyl (C=O) groups excluding carboxylic acids is 1. The zero-order valence-corrected chi connectivity index (χ0v) is 17.3. The number of nitrogens with zero attached hydrogens (tertiary/aromatic N) is 2. The van der Waals surface area contributed by atoms with Gasteiger partial charge in [-0.15, -0.1) is 0 Å². The van der Waals surface area contributed by atoms with Crippen molar-refractivity contribution >= 4 is 11.7 Å². The third-order valence-electron chi connectivity index (χ3n) is 6.11. The number of benzene rings is 3. The normalized spacial score (nSPS) is 20.0. The molecule has 0 bridgehead atoms. The average molecular weight is 400 g/mol. The van der Waals surface area contributed by atoms with Gasteiger partial charge in [0.15, 0.2) is 6.79 Å². The van der Waals surface area contributed by atoms with Crippen LogP contribution in [0.2, 0.25) is 0 Å². The number of urea groups is 1.